The molecule has 1 heterocycles. The van der Waals surface area contributed by atoms with E-state index in [0.29, 0.717) is 5.16 Å². The molecule has 4 nitrogen and oxygen atoms in total. The van der Waals surface area contributed by atoms with E-state index < -0.39 is 0 Å². The monoisotopic (exact) mass is 210 g/mol. The molecular weight excluding hydrogens is 196 g/mol. The molecule has 0 spiro atoms. The van der Waals surface area contributed by atoms with Crippen LogP contribution in [-0.4, -0.2) is 21.1 Å². The molecule has 0 aliphatic heterocycles. The predicted molar refractivity (Wildman–Crippen MR) is 58.6 cm³/mol. The quantitative estimate of drug-likeness (QED) is 0.342. The van der Waals surface area contributed by atoms with Crippen LogP contribution in [0.1, 0.15) is 19.0 Å². The predicted octanol–water partition coefficient (Wildman–Crippen LogP) is 1.59. The molecule has 0 saturated carbocycles. The molecule has 1 rings (SSSR count). The molecule has 0 saturated heterocycles. The third kappa shape index (κ3) is 2.99. The third-order valence-corrected chi connectivity index (χ3v) is 3.02. The van der Waals surface area contributed by atoms with Gasteiger partial charge in [0.25, 0.3) is 0 Å². The van der Waals surface area contributed by atoms with Crippen LogP contribution in [0.4, 0.5) is 0 Å². The normalized spacial score (nSPS) is 12.4. The average molecular weight is 210 g/mol. The van der Waals surface area contributed by atoms with E-state index in [2.05, 4.69) is 9.97 Å². The zero-order valence-corrected chi connectivity index (χ0v) is 9.14. The van der Waals surface area contributed by atoms with Crippen LogP contribution in [0.2, 0.25) is 0 Å². The Morgan fingerprint density at radius 3 is 2.93 bits per heavy atom. The maximum atomic E-state index is 7.36. The second-order valence-corrected chi connectivity index (χ2v) is 4.12. The van der Waals surface area contributed by atoms with E-state index in [1.54, 1.807) is 6.20 Å². The van der Waals surface area contributed by atoms with E-state index in [-0.39, 0.29) is 11.1 Å². The van der Waals surface area contributed by atoms with Crippen LogP contribution in [0.15, 0.2) is 17.4 Å². The molecule has 1 aromatic rings. The highest BCUT2D eigenvalue weighted by Crippen LogP contribution is 2.21. The van der Waals surface area contributed by atoms with E-state index in [9.17, 15) is 0 Å². The Bertz CT molecular complexity index is 326. The zero-order chi connectivity index (χ0) is 10.6. The van der Waals surface area contributed by atoms with Gasteiger partial charge in [0.15, 0.2) is 5.16 Å². The van der Waals surface area contributed by atoms with Crippen molar-refractivity contribution in [1.82, 2.24) is 9.97 Å². The molecule has 3 N–H and O–H groups in total. The van der Waals surface area contributed by atoms with Crippen LogP contribution in [0.5, 0.6) is 0 Å². The van der Waals surface area contributed by atoms with Gasteiger partial charge in [-0.1, -0.05) is 18.7 Å². The summed E-state index contributed by atoms with van der Waals surface area (Å²) in [6.45, 7) is 3.91. The number of nitrogens with two attached hydrogens (primary N) is 1. The van der Waals surface area contributed by atoms with Gasteiger partial charge in [0.2, 0.25) is 0 Å². The highest BCUT2D eigenvalue weighted by atomic mass is 32.2. The fourth-order valence-corrected chi connectivity index (χ4v) is 1.84. The van der Waals surface area contributed by atoms with E-state index in [1.165, 1.54) is 11.8 Å². The van der Waals surface area contributed by atoms with Crippen molar-refractivity contribution in [1.29, 1.82) is 5.41 Å². The molecule has 76 valence electrons. The van der Waals surface area contributed by atoms with Crippen molar-refractivity contribution >= 4 is 17.6 Å². The molecular formula is C9H14N4S. The van der Waals surface area contributed by atoms with Crippen molar-refractivity contribution in [2.45, 2.75) is 30.7 Å². The largest absolute Gasteiger partial charge is 0.387 e. The Balaban J connectivity index is 2.72. The number of nitrogens with one attached hydrogen (secondary N) is 1. The summed E-state index contributed by atoms with van der Waals surface area (Å²) >= 11 is 1.44. The summed E-state index contributed by atoms with van der Waals surface area (Å²) in [6, 6.07) is 1.85. The first-order chi connectivity index (χ1) is 6.63. The topological polar surface area (TPSA) is 75.7 Å². The second kappa shape index (κ2) is 4.95. The van der Waals surface area contributed by atoms with Crippen LogP contribution < -0.4 is 5.73 Å². The highest BCUT2D eigenvalue weighted by molar-refractivity contribution is 8.00. The fraction of sp³-hybridized carbons (Fsp3) is 0.444. The molecule has 0 fully saturated rings. The standard InChI is InChI=1S/C9H14N4S/c1-3-7(8(10)11)14-9-12-5-4-6(2)13-9/h4-5,7H,3H2,1-2H3,(H3,10,11). The first-order valence-electron chi connectivity index (χ1n) is 4.43. The number of thioether (sulfide) groups is 1. The number of nitrogens with zero attached hydrogens (tertiary/aromatic N) is 2. The van der Waals surface area contributed by atoms with Crippen LogP contribution in [0.25, 0.3) is 0 Å². The van der Waals surface area contributed by atoms with Gasteiger partial charge in [-0.15, -0.1) is 0 Å². The van der Waals surface area contributed by atoms with Crippen LogP contribution >= 0.6 is 11.8 Å². The van der Waals surface area contributed by atoms with Gasteiger partial charge in [-0.2, -0.15) is 0 Å². The highest BCUT2D eigenvalue weighted by Gasteiger charge is 2.12. The molecule has 0 aliphatic rings. The van der Waals surface area contributed by atoms with Crippen molar-refractivity contribution in [3.05, 3.63) is 18.0 Å². The molecule has 0 amide bonds. The van der Waals surface area contributed by atoms with E-state index in [0.717, 1.165) is 12.1 Å². The molecule has 1 aromatic heterocycles. The zero-order valence-electron chi connectivity index (χ0n) is 8.32. The Hall–Kier alpha value is -1.10. The molecule has 0 aliphatic carbocycles. The molecule has 0 radical (unpaired) electrons. The van der Waals surface area contributed by atoms with Gasteiger partial charge in [0.05, 0.1) is 5.25 Å². The lowest BCUT2D eigenvalue weighted by Gasteiger charge is -2.10. The van der Waals surface area contributed by atoms with Gasteiger partial charge in [-0.05, 0) is 19.4 Å². The minimum absolute atomic E-state index is 0.0169. The lowest BCUT2D eigenvalue weighted by molar-refractivity contribution is 0.915. The van der Waals surface area contributed by atoms with Gasteiger partial charge in [-0.25, -0.2) is 9.97 Å². The average Bonchev–Trinajstić information content (AvgIpc) is 2.14. The van der Waals surface area contributed by atoms with Crippen molar-refractivity contribution in [2.75, 3.05) is 0 Å². The summed E-state index contributed by atoms with van der Waals surface area (Å²) in [5.74, 6) is 0.183. The van der Waals surface area contributed by atoms with E-state index >= 15 is 0 Å². The van der Waals surface area contributed by atoms with Crippen molar-refractivity contribution in [2.24, 2.45) is 5.73 Å². The minimum Gasteiger partial charge on any atom is -0.387 e. The van der Waals surface area contributed by atoms with Crippen LogP contribution in [-0.2, 0) is 0 Å². The van der Waals surface area contributed by atoms with Gasteiger partial charge in [0, 0.05) is 11.9 Å². The Labute approximate surface area is 87.8 Å². The fourth-order valence-electron chi connectivity index (χ4n) is 0.977. The number of rotatable bonds is 4. The summed E-state index contributed by atoms with van der Waals surface area (Å²) < 4.78 is 0. The summed E-state index contributed by atoms with van der Waals surface area (Å²) in [4.78, 5) is 8.35. The number of aryl methyl sites for hydroxylation is 1. The van der Waals surface area contributed by atoms with Gasteiger partial charge < -0.3 is 5.73 Å². The maximum absolute atomic E-state index is 7.36. The number of hydrogen-bond donors (Lipinski definition) is 2. The van der Waals surface area contributed by atoms with Crippen LogP contribution in [0, 0.1) is 12.3 Å². The molecule has 0 bridgehead atoms. The lowest BCUT2D eigenvalue weighted by Crippen LogP contribution is -2.24. The van der Waals surface area contributed by atoms with Crippen molar-refractivity contribution in [3.63, 3.8) is 0 Å². The summed E-state index contributed by atoms with van der Waals surface area (Å²) in [7, 11) is 0. The number of amidine groups is 1. The van der Waals surface area contributed by atoms with E-state index in [1.807, 2.05) is 19.9 Å². The molecule has 1 unspecified atom stereocenters. The summed E-state index contributed by atoms with van der Waals surface area (Å²) in [5, 5.41) is 8.03. The third-order valence-electron chi connectivity index (χ3n) is 1.74. The summed E-state index contributed by atoms with van der Waals surface area (Å²) in [5.41, 5.74) is 6.37. The Morgan fingerprint density at radius 1 is 1.71 bits per heavy atom. The van der Waals surface area contributed by atoms with Crippen molar-refractivity contribution in [3.8, 4) is 0 Å². The van der Waals surface area contributed by atoms with Gasteiger partial charge in [0.1, 0.15) is 5.84 Å². The minimum atomic E-state index is -0.0169. The lowest BCUT2D eigenvalue weighted by atomic mass is 10.3. The Kier molecular flexibility index (Phi) is 3.88. The number of hydrogen-bond acceptors (Lipinski definition) is 4. The molecule has 0 aromatic carbocycles. The second-order valence-electron chi connectivity index (χ2n) is 2.95. The summed E-state index contributed by atoms with van der Waals surface area (Å²) in [6.07, 6.45) is 2.54. The van der Waals surface area contributed by atoms with Gasteiger partial charge >= 0.3 is 0 Å². The molecule has 5 heteroatoms. The molecule has 14 heavy (non-hydrogen) atoms. The number of aromatic nitrogens is 2. The Morgan fingerprint density at radius 2 is 2.43 bits per heavy atom. The van der Waals surface area contributed by atoms with Gasteiger partial charge in [-0.3, -0.25) is 5.41 Å². The first-order valence-corrected chi connectivity index (χ1v) is 5.31. The molecule has 1 atom stereocenters. The van der Waals surface area contributed by atoms with E-state index in [4.69, 9.17) is 11.1 Å². The first kappa shape index (κ1) is 11.0. The van der Waals surface area contributed by atoms with Crippen LogP contribution in [0.3, 0.4) is 0 Å². The smallest absolute Gasteiger partial charge is 0.188 e. The van der Waals surface area contributed by atoms with Crippen molar-refractivity contribution < 1.29 is 0 Å². The maximum Gasteiger partial charge on any atom is 0.188 e. The SMILES string of the molecule is CCC(Sc1nccc(C)n1)C(=N)N.